The molecule has 0 aliphatic heterocycles. The molecule has 3 rings (SSSR count). The molecule has 5 heteroatoms. The maximum Gasteiger partial charge on any atom is 0.233 e. The van der Waals surface area contributed by atoms with E-state index in [1.54, 1.807) is 5.41 Å². The second-order valence-electron chi connectivity index (χ2n) is 7.65. The van der Waals surface area contributed by atoms with Gasteiger partial charge < -0.3 is 9.15 Å². The Morgan fingerprint density at radius 3 is 2.89 bits per heavy atom. The molecule has 0 radical (unpaired) electrons. The minimum Gasteiger partial charge on any atom is -0.484 e. The molecule has 0 bridgehead atoms. The number of ether oxygens (including phenoxy) is 1. The lowest BCUT2D eigenvalue weighted by atomic mass is 9.86. The van der Waals surface area contributed by atoms with Gasteiger partial charge in [-0.2, -0.15) is 5.26 Å². The third-order valence-electron chi connectivity index (χ3n) is 4.36. The quantitative estimate of drug-likeness (QED) is 0.468. The minimum absolute atomic E-state index is 0.0689. The number of nitriles is 1. The smallest absolute Gasteiger partial charge is 0.233 e. The number of aromatic nitrogens is 1. The molecule has 1 heterocycles. The third kappa shape index (κ3) is 4.84. The van der Waals surface area contributed by atoms with E-state index in [1.165, 1.54) is 23.4 Å². The number of thioether (sulfide) groups is 1. The van der Waals surface area contributed by atoms with Crippen LogP contribution in [0.1, 0.15) is 57.0 Å². The van der Waals surface area contributed by atoms with Gasteiger partial charge in [-0.1, -0.05) is 38.1 Å². The van der Waals surface area contributed by atoms with Crippen molar-refractivity contribution in [2.75, 3.05) is 0 Å². The van der Waals surface area contributed by atoms with Crippen molar-refractivity contribution in [1.29, 1.82) is 5.26 Å². The Kier molecular flexibility index (Phi) is 5.76. The van der Waals surface area contributed by atoms with Gasteiger partial charge in [0.25, 0.3) is 0 Å². The van der Waals surface area contributed by atoms with Gasteiger partial charge in [0.05, 0.1) is 6.07 Å². The van der Waals surface area contributed by atoms with Crippen LogP contribution in [-0.4, -0.2) is 4.98 Å². The van der Waals surface area contributed by atoms with Gasteiger partial charge in [0.15, 0.2) is 6.61 Å². The van der Waals surface area contributed by atoms with Crippen LogP contribution in [0.2, 0.25) is 0 Å². The first-order valence-electron chi connectivity index (χ1n) is 9.01. The highest BCUT2D eigenvalue weighted by atomic mass is 32.2. The average Bonchev–Trinajstić information content (AvgIpc) is 3.02. The highest BCUT2D eigenvalue weighted by Gasteiger charge is 2.21. The molecule has 0 saturated heterocycles. The molecular formula is C22H24N2O2S. The summed E-state index contributed by atoms with van der Waals surface area (Å²) in [5.41, 5.74) is 3.31. The summed E-state index contributed by atoms with van der Waals surface area (Å²) in [7, 11) is 0. The third-order valence-corrected chi connectivity index (χ3v) is 5.16. The van der Waals surface area contributed by atoms with Crippen LogP contribution in [0.5, 0.6) is 5.75 Å². The van der Waals surface area contributed by atoms with Crippen molar-refractivity contribution in [2.24, 2.45) is 0 Å². The predicted molar refractivity (Wildman–Crippen MR) is 109 cm³/mol. The van der Waals surface area contributed by atoms with Crippen LogP contribution in [0.25, 0.3) is 6.08 Å². The van der Waals surface area contributed by atoms with E-state index < -0.39 is 0 Å². The fraction of sp³-hybridized carbons (Fsp3) is 0.364. The lowest BCUT2D eigenvalue weighted by Gasteiger charge is -2.23. The molecule has 4 nitrogen and oxygen atoms in total. The molecule has 140 valence electrons. The Labute approximate surface area is 164 Å². The lowest BCUT2D eigenvalue weighted by Crippen LogP contribution is -2.13. The molecule has 0 fully saturated rings. The molecule has 0 N–H and O–H groups in total. The summed E-state index contributed by atoms with van der Waals surface area (Å²) in [5, 5.41) is 10.4. The molecule has 2 aromatic rings. The van der Waals surface area contributed by atoms with Crippen LogP contribution < -0.4 is 4.74 Å². The summed E-state index contributed by atoms with van der Waals surface area (Å²) in [6, 6.07) is 8.11. The van der Waals surface area contributed by atoms with E-state index in [-0.39, 0.29) is 5.41 Å². The summed E-state index contributed by atoms with van der Waals surface area (Å²) < 4.78 is 11.9. The van der Waals surface area contributed by atoms with Crippen LogP contribution in [0.3, 0.4) is 0 Å². The van der Waals surface area contributed by atoms with Crippen molar-refractivity contribution in [3.05, 3.63) is 58.2 Å². The van der Waals surface area contributed by atoms with Gasteiger partial charge in [-0.25, -0.2) is 4.98 Å². The van der Waals surface area contributed by atoms with E-state index in [4.69, 9.17) is 14.4 Å². The zero-order valence-electron chi connectivity index (χ0n) is 16.2. The topological polar surface area (TPSA) is 59.0 Å². The summed E-state index contributed by atoms with van der Waals surface area (Å²) in [6.07, 6.45) is 5.50. The standard InChI is InChI=1S/C22H24N2O2S/c1-15-6-8-20-18(12-15)24-21(26-20)14-25-19-9-7-16(27-11-5-10-23)13-17(19)22(2,3)4/h5,7,9,11-13H,6,8,14H2,1-4H3/b11-5+. The molecule has 0 atom stereocenters. The molecule has 1 aliphatic rings. The van der Waals surface area contributed by atoms with Crippen molar-refractivity contribution >= 4 is 17.8 Å². The van der Waals surface area contributed by atoms with Gasteiger partial charge in [0, 0.05) is 23.0 Å². The van der Waals surface area contributed by atoms with Crippen molar-refractivity contribution in [3.8, 4) is 11.8 Å². The Morgan fingerprint density at radius 1 is 1.33 bits per heavy atom. The summed E-state index contributed by atoms with van der Waals surface area (Å²) >= 11 is 1.52. The molecule has 0 amide bonds. The molecular weight excluding hydrogens is 356 g/mol. The molecule has 0 spiro atoms. The van der Waals surface area contributed by atoms with Crippen LogP contribution in [-0.2, 0) is 18.4 Å². The maximum atomic E-state index is 8.64. The molecule has 27 heavy (non-hydrogen) atoms. The Bertz CT molecular complexity index is 927. The molecule has 1 aromatic carbocycles. The largest absolute Gasteiger partial charge is 0.484 e. The van der Waals surface area contributed by atoms with Crippen LogP contribution >= 0.6 is 11.8 Å². The summed E-state index contributed by atoms with van der Waals surface area (Å²) in [4.78, 5) is 5.64. The van der Waals surface area contributed by atoms with Crippen molar-refractivity contribution in [2.45, 2.75) is 57.5 Å². The average molecular weight is 381 g/mol. The second kappa shape index (κ2) is 8.06. The van der Waals surface area contributed by atoms with Gasteiger partial charge in [-0.15, -0.1) is 0 Å². The van der Waals surface area contributed by atoms with Crippen LogP contribution in [0, 0.1) is 11.3 Å². The first-order valence-corrected chi connectivity index (χ1v) is 9.89. The number of hydrogen-bond donors (Lipinski definition) is 0. The first-order chi connectivity index (χ1) is 12.9. The van der Waals surface area contributed by atoms with Gasteiger partial charge in [0.2, 0.25) is 5.89 Å². The number of fused-ring (bicyclic) bond motifs is 1. The summed E-state index contributed by atoms with van der Waals surface area (Å²) in [5.74, 6) is 2.39. The monoisotopic (exact) mass is 380 g/mol. The Morgan fingerprint density at radius 2 is 2.15 bits per heavy atom. The number of allylic oxidation sites excluding steroid dienone is 2. The van der Waals surface area contributed by atoms with Crippen LogP contribution in [0.4, 0.5) is 0 Å². The maximum absolute atomic E-state index is 8.64. The van der Waals surface area contributed by atoms with Crippen molar-refractivity contribution in [1.82, 2.24) is 4.98 Å². The number of aryl methyl sites for hydroxylation is 1. The van der Waals surface area contributed by atoms with Crippen molar-refractivity contribution < 1.29 is 9.15 Å². The zero-order valence-corrected chi connectivity index (χ0v) is 17.0. The number of nitrogens with zero attached hydrogens (tertiary/aromatic N) is 2. The fourth-order valence-corrected chi connectivity index (χ4v) is 3.58. The highest BCUT2D eigenvalue weighted by Crippen LogP contribution is 2.35. The molecule has 1 aliphatic carbocycles. The van der Waals surface area contributed by atoms with E-state index in [2.05, 4.69) is 44.8 Å². The van der Waals surface area contributed by atoms with E-state index in [0.29, 0.717) is 12.5 Å². The number of hydrogen-bond acceptors (Lipinski definition) is 5. The summed E-state index contributed by atoms with van der Waals surface area (Å²) in [6.45, 7) is 8.91. The minimum atomic E-state index is -0.0689. The second-order valence-corrected chi connectivity index (χ2v) is 8.63. The zero-order chi connectivity index (χ0) is 19.4. The van der Waals surface area contributed by atoms with E-state index >= 15 is 0 Å². The number of rotatable bonds is 5. The van der Waals surface area contributed by atoms with E-state index in [1.807, 2.05) is 18.2 Å². The molecule has 0 saturated carbocycles. The SMILES string of the molecule is CC1=Cc2nc(COc3ccc(S/C=C/C#N)cc3C(C)(C)C)oc2CC1. The van der Waals surface area contributed by atoms with Gasteiger partial charge >= 0.3 is 0 Å². The normalized spacial score (nSPS) is 14.0. The van der Waals surface area contributed by atoms with Gasteiger partial charge in [-0.3, -0.25) is 0 Å². The number of benzene rings is 1. The Balaban J connectivity index is 1.78. The molecule has 0 unspecified atom stereocenters. The van der Waals surface area contributed by atoms with Gasteiger partial charge in [-0.05, 0) is 48.4 Å². The Hall–Kier alpha value is -2.45. The van der Waals surface area contributed by atoms with Crippen LogP contribution in [0.15, 0.2) is 44.6 Å². The lowest BCUT2D eigenvalue weighted by molar-refractivity contribution is 0.253. The first kappa shape index (κ1) is 19.3. The van der Waals surface area contributed by atoms with Crippen molar-refractivity contribution in [3.63, 3.8) is 0 Å². The van der Waals surface area contributed by atoms with E-state index in [9.17, 15) is 0 Å². The fourth-order valence-electron chi connectivity index (χ4n) is 2.96. The van der Waals surface area contributed by atoms with Gasteiger partial charge in [0.1, 0.15) is 17.2 Å². The highest BCUT2D eigenvalue weighted by molar-refractivity contribution is 8.02. The van der Waals surface area contributed by atoms with E-state index in [0.717, 1.165) is 40.5 Å². The number of oxazole rings is 1. The predicted octanol–water partition coefficient (Wildman–Crippen LogP) is 6.03. The molecule has 1 aromatic heterocycles.